The van der Waals surface area contributed by atoms with Crippen molar-refractivity contribution < 1.29 is 0 Å². The van der Waals surface area contributed by atoms with E-state index in [-0.39, 0.29) is 5.41 Å². The third-order valence-electron chi connectivity index (χ3n) is 4.61. The minimum Gasteiger partial charge on any atom is -0.300 e. The number of hydrogen-bond acceptors (Lipinski definition) is 2. The van der Waals surface area contributed by atoms with Gasteiger partial charge in [0, 0.05) is 12.0 Å². The SMILES string of the molecule is CCN(C/C=C/C#CC(C)(C)C)CCCC/C=C/c1cccc(-c2ccsc2)c1. The molecule has 0 radical (unpaired) electrons. The van der Waals surface area contributed by atoms with E-state index in [1.807, 2.05) is 6.08 Å². The molecule has 2 heteroatoms. The fraction of sp³-hybridized carbons (Fsp3) is 0.407. The average Bonchev–Trinajstić information content (AvgIpc) is 3.23. The van der Waals surface area contributed by atoms with Crippen LogP contribution in [-0.4, -0.2) is 24.5 Å². The summed E-state index contributed by atoms with van der Waals surface area (Å²) in [4.78, 5) is 2.48. The summed E-state index contributed by atoms with van der Waals surface area (Å²) in [5.41, 5.74) is 3.97. The number of unbranched alkanes of at least 4 members (excludes halogenated alkanes) is 2. The Bertz CT molecular complexity index is 825. The molecule has 0 fully saturated rings. The molecular weight excluding hydrogens is 370 g/mol. The lowest BCUT2D eigenvalue weighted by Gasteiger charge is -2.17. The zero-order valence-corrected chi connectivity index (χ0v) is 19.3. The molecule has 0 aliphatic carbocycles. The van der Waals surface area contributed by atoms with E-state index in [2.05, 4.69) is 104 Å². The highest BCUT2D eigenvalue weighted by Gasteiger charge is 2.02. The molecule has 0 saturated heterocycles. The maximum Gasteiger partial charge on any atom is 0.0233 e. The van der Waals surface area contributed by atoms with Gasteiger partial charge in [0.1, 0.15) is 0 Å². The molecule has 0 amide bonds. The van der Waals surface area contributed by atoms with Gasteiger partial charge in [0.25, 0.3) is 0 Å². The number of benzene rings is 1. The summed E-state index contributed by atoms with van der Waals surface area (Å²) in [6.07, 6.45) is 12.3. The maximum atomic E-state index is 3.24. The van der Waals surface area contributed by atoms with Crippen molar-refractivity contribution in [1.82, 2.24) is 4.90 Å². The molecule has 0 unspecified atom stereocenters. The van der Waals surface area contributed by atoms with Crippen molar-refractivity contribution >= 4 is 17.4 Å². The number of rotatable bonds is 10. The molecule has 0 atom stereocenters. The lowest BCUT2D eigenvalue weighted by Crippen LogP contribution is -2.24. The molecule has 0 saturated carbocycles. The molecule has 1 heterocycles. The fourth-order valence-electron chi connectivity index (χ4n) is 2.97. The minimum atomic E-state index is 0.0769. The summed E-state index contributed by atoms with van der Waals surface area (Å²) in [6, 6.07) is 11.0. The van der Waals surface area contributed by atoms with Crippen molar-refractivity contribution in [2.45, 2.75) is 47.0 Å². The van der Waals surface area contributed by atoms with Crippen LogP contribution in [0.3, 0.4) is 0 Å². The quantitative estimate of drug-likeness (QED) is 0.292. The predicted molar refractivity (Wildman–Crippen MR) is 131 cm³/mol. The molecule has 0 spiro atoms. The standard InChI is InChI=1S/C27H35NS/c1-5-28(20-12-8-10-18-27(2,3)4)19-11-7-6-9-14-24-15-13-16-25(22-24)26-17-21-29-23-26/h8-9,12-17,21-23H,5-7,11,19-20H2,1-4H3/b12-8+,14-9+. The molecule has 2 rings (SSSR count). The largest absolute Gasteiger partial charge is 0.300 e. The van der Waals surface area contributed by atoms with Gasteiger partial charge in [0.05, 0.1) is 0 Å². The van der Waals surface area contributed by atoms with E-state index in [1.54, 1.807) is 11.3 Å². The molecule has 1 aromatic carbocycles. The normalized spacial score (nSPS) is 12.0. The van der Waals surface area contributed by atoms with Gasteiger partial charge in [-0.25, -0.2) is 0 Å². The van der Waals surface area contributed by atoms with Crippen LogP contribution in [0.25, 0.3) is 17.2 Å². The fourth-order valence-corrected chi connectivity index (χ4v) is 3.63. The van der Waals surface area contributed by atoms with E-state index in [9.17, 15) is 0 Å². The number of thiophene rings is 1. The Morgan fingerprint density at radius 1 is 1.07 bits per heavy atom. The molecular formula is C27H35NS. The van der Waals surface area contributed by atoms with Crippen molar-refractivity contribution in [2.24, 2.45) is 5.41 Å². The monoisotopic (exact) mass is 405 g/mol. The number of hydrogen-bond donors (Lipinski definition) is 0. The molecule has 2 aromatic rings. The Hall–Kier alpha value is -2.08. The average molecular weight is 406 g/mol. The Morgan fingerprint density at radius 2 is 1.93 bits per heavy atom. The molecule has 154 valence electrons. The summed E-state index contributed by atoms with van der Waals surface area (Å²) < 4.78 is 0. The minimum absolute atomic E-state index is 0.0769. The third kappa shape index (κ3) is 9.79. The van der Waals surface area contributed by atoms with E-state index < -0.39 is 0 Å². The van der Waals surface area contributed by atoms with Gasteiger partial charge in [-0.15, -0.1) is 0 Å². The number of likely N-dealkylation sites (N-methyl/N-ethyl adjacent to an activating group) is 1. The van der Waals surface area contributed by atoms with E-state index in [1.165, 1.54) is 29.5 Å². The first-order valence-corrected chi connectivity index (χ1v) is 11.6. The summed E-state index contributed by atoms with van der Waals surface area (Å²) in [5, 5.41) is 4.33. The van der Waals surface area contributed by atoms with Crippen LogP contribution in [0.4, 0.5) is 0 Å². The zero-order valence-electron chi connectivity index (χ0n) is 18.4. The smallest absolute Gasteiger partial charge is 0.0233 e. The molecule has 1 nitrogen and oxygen atoms in total. The van der Waals surface area contributed by atoms with Crippen molar-refractivity contribution in [2.75, 3.05) is 19.6 Å². The van der Waals surface area contributed by atoms with Gasteiger partial charge in [-0.3, -0.25) is 4.90 Å². The molecule has 0 aliphatic rings. The number of allylic oxidation sites excluding steroid dienone is 2. The van der Waals surface area contributed by atoms with Crippen LogP contribution in [0.2, 0.25) is 0 Å². The van der Waals surface area contributed by atoms with E-state index in [0.29, 0.717) is 0 Å². The molecule has 29 heavy (non-hydrogen) atoms. The highest BCUT2D eigenvalue weighted by molar-refractivity contribution is 7.08. The lowest BCUT2D eigenvalue weighted by molar-refractivity contribution is 0.312. The van der Waals surface area contributed by atoms with Gasteiger partial charge in [0.15, 0.2) is 0 Å². The van der Waals surface area contributed by atoms with Crippen molar-refractivity contribution in [3.8, 4) is 23.0 Å². The number of nitrogens with zero attached hydrogens (tertiary/aromatic N) is 1. The first kappa shape index (κ1) is 23.2. The maximum absolute atomic E-state index is 3.24. The Morgan fingerprint density at radius 3 is 2.66 bits per heavy atom. The second-order valence-corrected chi connectivity index (χ2v) is 9.13. The highest BCUT2D eigenvalue weighted by Crippen LogP contribution is 2.23. The van der Waals surface area contributed by atoms with E-state index in [0.717, 1.165) is 26.1 Å². The summed E-state index contributed by atoms with van der Waals surface area (Å²) in [7, 11) is 0. The third-order valence-corrected chi connectivity index (χ3v) is 5.29. The predicted octanol–water partition coefficient (Wildman–Crippen LogP) is 7.53. The van der Waals surface area contributed by atoms with Gasteiger partial charge in [0.2, 0.25) is 0 Å². The summed E-state index contributed by atoms with van der Waals surface area (Å²) in [5.74, 6) is 6.39. The van der Waals surface area contributed by atoms with Crippen molar-refractivity contribution in [3.63, 3.8) is 0 Å². The summed E-state index contributed by atoms with van der Waals surface area (Å²) in [6.45, 7) is 11.9. The molecule has 0 bridgehead atoms. The van der Waals surface area contributed by atoms with Crippen LogP contribution >= 0.6 is 11.3 Å². The van der Waals surface area contributed by atoms with Crippen LogP contribution in [0.1, 0.15) is 52.5 Å². The van der Waals surface area contributed by atoms with Crippen LogP contribution in [0.15, 0.2) is 59.3 Å². The van der Waals surface area contributed by atoms with Crippen LogP contribution < -0.4 is 0 Å². The lowest BCUT2D eigenvalue weighted by atomic mass is 9.98. The Labute approximate surface area is 182 Å². The summed E-state index contributed by atoms with van der Waals surface area (Å²) >= 11 is 1.75. The van der Waals surface area contributed by atoms with Crippen LogP contribution in [-0.2, 0) is 0 Å². The molecule has 0 aliphatic heterocycles. The van der Waals surface area contributed by atoms with Crippen molar-refractivity contribution in [1.29, 1.82) is 0 Å². The molecule has 0 N–H and O–H groups in total. The molecule has 1 aromatic heterocycles. The Kier molecular flexibility index (Phi) is 9.98. The second-order valence-electron chi connectivity index (χ2n) is 8.35. The van der Waals surface area contributed by atoms with Gasteiger partial charge in [-0.05, 0) is 98.8 Å². The van der Waals surface area contributed by atoms with Crippen LogP contribution in [0, 0.1) is 17.3 Å². The topological polar surface area (TPSA) is 3.24 Å². The first-order valence-electron chi connectivity index (χ1n) is 10.7. The Balaban J connectivity index is 1.68. The van der Waals surface area contributed by atoms with Gasteiger partial charge >= 0.3 is 0 Å². The van der Waals surface area contributed by atoms with E-state index >= 15 is 0 Å². The van der Waals surface area contributed by atoms with Gasteiger partial charge in [-0.1, -0.05) is 55.2 Å². The van der Waals surface area contributed by atoms with Crippen molar-refractivity contribution in [3.05, 3.63) is 64.9 Å². The van der Waals surface area contributed by atoms with Gasteiger partial charge in [-0.2, -0.15) is 11.3 Å². The van der Waals surface area contributed by atoms with E-state index in [4.69, 9.17) is 0 Å². The van der Waals surface area contributed by atoms with Crippen LogP contribution in [0.5, 0.6) is 0 Å². The first-order chi connectivity index (χ1) is 14.0. The zero-order chi connectivity index (χ0) is 21.0. The second kappa shape index (κ2) is 12.5. The highest BCUT2D eigenvalue weighted by atomic mass is 32.1. The van der Waals surface area contributed by atoms with Gasteiger partial charge < -0.3 is 0 Å².